The molecule has 0 aliphatic carbocycles. The quantitative estimate of drug-likeness (QED) is 0.243. The second-order valence-corrected chi connectivity index (χ2v) is 5.53. The first-order valence-corrected chi connectivity index (χ1v) is 7.08. The zero-order valence-corrected chi connectivity index (χ0v) is 12.0. The van der Waals surface area contributed by atoms with Crippen LogP contribution in [0.25, 0.3) is 0 Å². The summed E-state index contributed by atoms with van der Waals surface area (Å²) in [7, 11) is 0. The molecule has 2 saturated heterocycles. The van der Waals surface area contributed by atoms with Gasteiger partial charge in [-0.1, -0.05) is 0 Å². The highest BCUT2D eigenvalue weighted by molar-refractivity contribution is 4.93. The van der Waals surface area contributed by atoms with Gasteiger partial charge >= 0.3 is 0 Å². The van der Waals surface area contributed by atoms with Crippen LogP contribution >= 0.6 is 0 Å². The van der Waals surface area contributed by atoms with Crippen molar-refractivity contribution in [2.75, 3.05) is 13.2 Å². The van der Waals surface area contributed by atoms with Crippen molar-refractivity contribution >= 4 is 0 Å². The second kappa shape index (κ2) is 7.63. The predicted octanol–water partition coefficient (Wildman–Crippen LogP) is -5.40. The molecule has 0 aromatic heterocycles. The molecule has 0 spiro atoms. The molecular weight excluding hydrogens is 320 g/mol. The standard InChI is InChI=1S/C12H22O11/c13-1-3-6(16)8(18)10(11(20)21-3)23-12-9(19)7(17)5(15)4(2-14)22-12/h3-20H,1-2H2/t3-,4-,5+,6-,7+,8+,9-,10-,11-,12+/m1/s1. The summed E-state index contributed by atoms with van der Waals surface area (Å²) in [5.74, 6) is 0. The molecule has 11 nitrogen and oxygen atoms in total. The number of aliphatic hydroxyl groups is 8. The summed E-state index contributed by atoms with van der Waals surface area (Å²) in [5, 5.41) is 76.7. The maximum atomic E-state index is 9.94. The molecule has 2 rings (SSSR count). The van der Waals surface area contributed by atoms with Gasteiger partial charge in [0, 0.05) is 0 Å². The van der Waals surface area contributed by atoms with E-state index >= 15 is 0 Å². The Bertz CT molecular complexity index is 380. The summed E-state index contributed by atoms with van der Waals surface area (Å²) in [5.41, 5.74) is 0. The van der Waals surface area contributed by atoms with Crippen LogP contribution in [0.4, 0.5) is 0 Å². The maximum Gasteiger partial charge on any atom is 0.187 e. The third-order valence-electron chi connectivity index (χ3n) is 3.98. The molecule has 11 heteroatoms. The average Bonchev–Trinajstić information content (AvgIpc) is 2.54. The number of rotatable bonds is 4. The van der Waals surface area contributed by atoms with Crippen LogP contribution in [0.1, 0.15) is 0 Å². The summed E-state index contributed by atoms with van der Waals surface area (Å²) < 4.78 is 15.1. The number of hydrogen-bond donors (Lipinski definition) is 8. The Labute approximate surface area is 130 Å². The summed E-state index contributed by atoms with van der Waals surface area (Å²) in [6.45, 7) is -1.33. The molecule has 0 amide bonds. The largest absolute Gasteiger partial charge is 0.394 e. The van der Waals surface area contributed by atoms with Crippen LogP contribution in [-0.2, 0) is 14.2 Å². The van der Waals surface area contributed by atoms with E-state index in [1.807, 2.05) is 0 Å². The fourth-order valence-electron chi connectivity index (χ4n) is 2.55. The fourth-order valence-corrected chi connectivity index (χ4v) is 2.55. The van der Waals surface area contributed by atoms with Crippen molar-refractivity contribution in [1.82, 2.24) is 0 Å². The summed E-state index contributed by atoms with van der Waals surface area (Å²) >= 11 is 0. The average molecular weight is 342 g/mol. The Hall–Kier alpha value is -0.440. The highest BCUT2D eigenvalue weighted by atomic mass is 16.7. The molecule has 2 aliphatic heterocycles. The summed E-state index contributed by atoms with van der Waals surface area (Å²) in [6, 6.07) is 0. The first-order valence-electron chi connectivity index (χ1n) is 7.08. The van der Waals surface area contributed by atoms with Gasteiger partial charge in [0.1, 0.15) is 48.8 Å². The normalized spacial score (nSPS) is 51.7. The van der Waals surface area contributed by atoms with Gasteiger partial charge in [-0.05, 0) is 0 Å². The van der Waals surface area contributed by atoms with Gasteiger partial charge in [0.05, 0.1) is 13.2 Å². The van der Waals surface area contributed by atoms with Gasteiger partial charge < -0.3 is 55.1 Å². The van der Waals surface area contributed by atoms with E-state index in [9.17, 15) is 30.6 Å². The number of ether oxygens (including phenoxy) is 3. The first-order chi connectivity index (χ1) is 10.8. The predicted molar refractivity (Wildman–Crippen MR) is 68.6 cm³/mol. The smallest absolute Gasteiger partial charge is 0.187 e. The lowest BCUT2D eigenvalue weighted by atomic mass is 9.97. The monoisotopic (exact) mass is 342 g/mol. The Morgan fingerprint density at radius 1 is 0.652 bits per heavy atom. The molecular formula is C12H22O11. The second-order valence-electron chi connectivity index (χ2n) is 5.53. The van der Waals surface area contributed by atoms with Crippen molar-refractivity contribution in [3.05, 3.63) is 0 Å². The van der Waals surface area contributed by atoms with Gasteiger partial charge in [-0.2, -0.15) is 0 Å². The molecule has 0 aromatic rings. The molecule has 10 atom stereocenters. The summed E-state index contributed by atoms with van der Waals surface area (Å²) in [4.78, 5) is 0. The van der Waals surface area contributed by atoms with Crippen molar-refractivity contribution < 1.29 is 55.1 Å². The van der Waals surface area contributed by atoms with E-state index in [2.05, 4.69) is 0 Å². The van der Waals surface area contributed by atoms with Gasteiger partial charge in [-0.15, -0.1) is 0 Å². The van der Waals surface area contributed by atoms with Gasteiger partial charge in [0.15, 0.2) is 12.6 Å². The molecule has 2 fully saturated rings. The van der Waals surface area contributed by atoms with Crippen molar-refractivity contribution in [1.29, 1.82) is 0 Å². The Balaban J connectivity index is 2.08. The zero-order chi connectivity index (χ0) is 17.3. The molecule has 2 aliphatic rings. The molecule has 8 N–H and O–H groups in total. The minimum absolute atomic E-state index is 0.651. The molecule has 0 unspecified atom stereocenters. The molecule has 0 radical (unpaired) electrons. The van der Waals surface area contributed by atoms with Crippen molar-refractivity contribution in [3.8, 4) is 0 Å². The van der Waals surface area contributed by atoms with Gasteiger partial charge in [-0.3, -0.25) is 0 Å². The highest BCUT2D eigenvalue weighted by Crippen LogP contribution is 2.28. The zero-order valence-electron chi connectivity index (χ0n) is 12.0. The minimum Gasteiger partial charge on any atom is -0.394 e. The molecule has 23 heavy (non-hydrogen) atoms. The van der Waals surface area contributed by atoms with Crippen LogP contribution in [0.5, 0.6) is 0 Å². The molecule has 136 valence electrons. The minimum atomic E-state index is -1.75. The van der Waals surface area contributed by atoms with Crippen LogP contribution < -0.4 is 0 Å². The molecule has 0 saturated carbocycles. The van der Waals surface area contributed by atoms with Crippen LogP contribution in [0.3, 0.4) is 0 Å². The third-order valence-corrected chi connectivity index (χ3v) is 3.98. The van der Waals surface area contributed by atoms with Crippen LogP contribution in [0.15, 0.2) is 0 Å². The van der Waals surface area contributed by atoms with Crippen molar-refractivity contribution in [2.45, 2.75) is 61.4 Å². The summed E-state index contributed by atoms with van der Waals surface area (Å²) in [6.07, 6.45) is -15.6. The van der Waals surface area contributed by atoms with E-state index in [4.69, 9.17) is 24.4 Å². The lowest BCUT2D eigenvalue weighted by Gasteiger charge is -2.44. The van der Waals surface area contributed by atoms with E-state index in [0.29, 0.717) is 0 Å². The molecule has 0 bridgehead atoms. The van der Waals surface area contributed by atoms with E-state index in [1.54, 1.807) is 0 Å². The topological polar surface area (TPSA) is 190 Å². The number of aliphatic hydroxyl groups excluding tert-OH is 8. The third kappa shape index (κ3) is 3.65. The lowest BCUT2D eigenvalue weighted by Crippen LogP contribution is -2.64. The van der Waals surface area contributed by atoms with E-state index in [1.165, 1.54) is 0 Å². The van der Waals surface area contributed by atoms with Crippen LogP contribution in [0, 0.1) is 0 Å². The van der Waals surface area contributed by atoms with Crippen molar-refractivity contribution in [3.63, 3.8) is 0 Å². The first kappa shape index (κ1) is 18.9. The Morgan fingerprint density at radius 3 is 1.74 bits per heavy atom. The fraction of sp³-hybridized carbons (Fsp3) is 1.00. The van der Waals surface area contributed by atoms with Crippen LogP contribution in [0.2, 0.25) is 0 Å². The maximum absolute atomic E-state index is 9.94. The van der Waals surface area contributed by atoms with Gasteiger partial charge in [0.2, 0.25) is 0 Å². The van der Waals surface area contributed by atoms with E-state index in [0.717, 1.165) is 0 Å². The van der Waals surface area contributed by atoms with E-state index in [-0.39, 0.29) is 0 Å². The van der Waals surface area contributed by atoms with Gasteiger partial charge in [0.25, 0.3) is 0 Å². The molecule has 2 heterocycles. The van der Waals surface area contributed by atoms with Crippen LogP contribution in [-0.4, -0.2) is 115 Å². The Morgan fingerprint density at radius 2 is 1.17 bits per heavy atom. The number of hydrogen-bond acceptors (Lipinski definition) is 11. The lowest BCUT2D eigenvalue weighted by molar-refractivity contribution is -0.361. The van der Waals surface area contributed by atoms with E-state index < -0.39 is 74.6 Å². The SMILES string of the molecule is OC[C@H]1O[C@@H](O[C@@H]2[C@@H](O)[C@H](O)[C@@H](CO)O[C@H]2O)[C@H](O)[C@@H](O)[C@H]1O. The Kier molecular flexibility index (Phi) is 6.27. The molecule has 0 aromatic carbocycles. The highest BCUT2D eigenvalue weighted by Gasteiger charge is 2.50. The van der Waals surface area contributed by atoms with Gasteiger partial charge in [-0.25, -0.2) is 0 Å². The van der Waals surface area contributed by atoms with Crippen molar-refractivity contribution in [2.24, 2.45) is 0 Å².